The smallest absolute Gasteiger partial charge is 0.237 e. The van der Waals surface area contributed by atoms with E-state index in [1.54, 1.807) is 7.11 Å². The number of nitrogens with two attached hydrogens (primary N) is 1. The third-order valence-corrected chi connectivity index (χ3v) is 2.55. The summed E-state index contributed by atoms with van der Waals surface area (Å²) in [6.07, 6.45) is 6.10. The molecule has 1 amide bonds. The van der Waals surface area contributed by atoms with Gasteiger partial charge >= 0.3 is 0 Å². The lowest BCUT2D eigenvalue weighted by molar-refractivity contribution is -0.122. The first kappa shape index (κ1) is 14.1. The van der Waals surface area contributed by atoms with Crippen molar-refractivity contribution in [1.29, 1.82) is 0 Å². The lowest BCUT2D eigenvalue weighted by Crippen LogP contribution is -2.41. The molecule has 1 aromatic carbocycles. The van der Waals surface area contributed by atoms with Crippen LogP contribution in [0.2, 0.25) is 0 Å². The molecule has 0 heterocycles. The highest BCUT2D eigenvalue weighted by Crippen LogP contribution is 2.11. The van der Waals surface area contributed by atoms with Crippen molar-refractivity contribution in [3.63, 3.8) is 0 Å². The lowest BCUT2D eigenvalue weighted by atomic mass is 10.1. The number of ether oxygens (including phenoxy) is 1. The molecule has 0 bridgehead atoms. The Balaban J connectivity index is 2.33. The van der Waals surface area contributed by atoms with Crippen LogP contribution >= 0.6 is 0 Å². The van der Waals surface area contributed by atoms with Crippen LogP contribution in [0.3, 0.4) is 0 Å². The van der Waals surface area contributed by atoms with Gasteiger partial charge in [0.25, 0.3) is 0 Å². The van der Waals surface area contributed by atoms with E-state index in [0.717, 1.165) is 17.7 Å². The Morgan fingerprint density at radius 2 is 2.17 bits per heavy atom. The van der Waals surface area contributed by atoms with Gasteiger partial charge in [-0.15, -0.1) is 12.3 Å². The summed E-state index contributed by atoms with van der Waals surface area (Å²) in [4.78, 5) is 11.5. The molecule has 18 heavy (non-hydrogen) atoms. The van der Waals surface area contributed by atoms with E-state index in [-0.39, 0.29) is 12.3 Å². The van der Waals surface area contributed by atoms with E-state index in [4.69, 9.17) is 16.9 Å². The standard InChI is InChI=1S/C14H18N2O2/c1-3-4-13(15)14(17)16-10-9-11-5-7-12(18-2)8-6-11/h1,5-8,13H,4,9-10,15H2,2H3,(H,16,17). The zero-order valence-electron chi connectivity index (χ0n) is 10.5. The fourth-order valence-corrected chi connectivity index (χ4v) is 1.47. The van der Waals surface area contributed by atoms with Gasteiger partial charge < -0.3 is 15.8 Å². The molecule has 1 aromatic rings. The van der Waals surface area contributed by atoms with E-state index in [1.165, 1.54) is 0 Å². The molecule has 0 aliphatic carbocycles. The van der Waals surface area contributed by atoms with Gasteiger partial charge in [0, 0.05) is 13.0 Å². The highest BCUT2D eigenvalue weighted by molar-refractivity contribution is 5.81. The number of hydrogen-bond donors (Lipinski definition) is 2. The predicted molar refractivity (Wildman–Crippen MR) is 71.1 cm³/mol. The molecule has 4 nitrogen and oxygen atoms in total. The molecule has 0 aliphatic rings. The molecule has 3 N–H and O–H groups in total. The number of terminal acetylenes is 1. The zero-order valence-corrected chi connectivity index (χ0v) is 10.5. The average Bonchev–Trinajstić information content (AvgIpc) is 2.39. The van der Waals surface area contributed by atoms with E-state index in [0.29, 0.717) is 6.54 Å². The summed E-state index contributed by atoms with van der Waals surface area (Å²) in [6, 6.07) is 7.09. The van der Waals surface area contributed by atoms with Crippen LogP contribution in [0.1, 0.15) is 12.0 Å². The van der Waals surface area contributed by atoms with Gasteiger partial charge in [0.15, 0.2) is 0 Å². The SMILES string of the molecule is C#CCC(N)C(=O)NCCc1ccc(OC)cc1. The van der Waals surface area contributed by atoms with Gasteiger partial charge in [-0.1, -0.05) is 12.1 Å². The topological polar surface area (TPSA) is 64.4 Å². The van der Waals surface area contributed by atoms with Crippen molar-refractivity contribution in [3.05, 3.63) is 29.8 Å². The molecule has 96 valence electrons. The van der Waals surface area contributed by atoms with Crippen molar-refractivity contribution in [2.75, 3.05) is 13.7 Å². The molecule has 0 saturated heterocycles. The first-order valence-corrected chi connectivity index (χ1v) is 5.77. The first-order chi connectivity index (χ1) is 8.67. The van der Waals surface area contributed by atoms with Crippen molar-refractivity contribution >= 4 is 5.91 Å². The van der Waals surface area contributed by atoms with Crippen molar-refractivity contribution < 1.29 is 9.53 Å². The van der Waals surface area contributed by atoms with Gasteiger partial charge in [-0.05, 0) is 24.1 Å². The zero-order chi connectivity index (χ0) is 13.4. The average molecular weight is 246 g/mol. The third-order valence-electron chi connectivity index (χ3n) is 2.55. The van der Waals surface area contributed by atoms with Crippen molar-refractivity contribution in [1.82, 2.24) is 5.32 Å². The molecule has 0 fully saturated rings. The highest BCUT2D eigenvalue weighted by Gasteiger charge is 2.10. The minimum Gasteiger partial charge on any atom is -0.497 e. The molecule has 1 rings (SSSR count). The van der Waals surface area contributed by atoms with Crippen LogP contribution in [0.5, 0.6) is 5.75 Å². The maximum absolute atomic E-state index is 11.5. The van der Waals surface area contributed by atoms with Crippen molar-refractivity contribution in [3.8, 4) is 18.1 Å². The molecule has 0 spiro atoms. The van der Waals surface area contributed by atoms with Crippen LogP contribution in [0.4, 0.5) is 0 Å². The minimum absolute atomic E-state index is 0.207. The Morgan fingerprint density at radius 3 is 2.72 bits per heavy atom. The number of hydrogen-bond acceptors (Lipinski definition) is 3. The van der Waals surface area contributed by atoms with Crippen LogP contribution in [-0.2, 0) is 11.2 Å². The van der Waals surface area contributed by atoms with Gasteiger partial charge in [-0.2, -0.15) is 0 Å². The number of methoxy groups -OCH3 is 1. The largest absolute Gasteiger partial charge is 0.497 e. The summed E-state index contributed by atoms with van der Waals surface area (Å²) < 4.78 is 5.07. The highest BCUT2D eigenvalue weighted by atomic mass is 16.5. The van der Waals surface area contributed by atoms with Crippen molar-refractivity contribution in [2.45, 2.75) is 18.9 Å². The Labute approximate surface area is 108 Å². The second-order valence-electron chi connectivity index (χ2n) is 3.90. The molecule has 0 saturated carbocycles. The second kappa shape index (κ2) is 7.36. The summed E-state index contributed by atoms with van der Waals surface area (Å²) in [5.41, 5.74) is 6.70. The number of amides is 1. The third kappa shape index (κ3) is 4.48. The van der Waals surface area contributed by atoms with Crippen LogP contribution in [0.15, 0.2) is 24.3 Å². The minimum atomic E-state index is -0.620. The number of benzene rings is 1. The predicted octanol–water partition coefficient (Wildman–Crippen LogP) is 0.704. The first-order valence-electron chi connectivity index (χ1n) is 5.77. The maximum Gasteiger partial charge on any atom is 0.237 e. The molecular weight excluding hydrogens is 228 g/mol. The summed E-state index contributed by atoms with van der Waals surface area (Å²) in [6.45, 7) is 0.545. The Hall–Kier alpha value is -1.99. The Bertz CT molecular complexity index is 420. The fourth-order valence-electron chi connectivity index (χ4n) is 1.47. The fraction of sp³-hybridized carbons (Fsp3) is 0.357. The molecule has 0 radical (unpaired) electrons. The summed E-state index contributed by atoms with van der Waals surface area (Å²) in [5.74, 6) is 2.98. The van der Waals surface area contributed by atoms with E-state index in [1.807, 2.05) is 24.3 Å². The van der Waals surface area contributed by atoms with E-state index in [9.17, 15) is 4.79 Å². The van der Waals surface area contributed by atoms with Crippen molar-refractivity contribution in [2.24, 2.45) is 5.73 Å². The Morgan fingerprint density at radius 1 is 1.50 bits per heavy atom. The monoisotopic (exact) mass is 246 g/mol. The van der Waals surface area contributed by atoms with Crippen LogP contribution in [-0.4, -0.2) is 25.6 Å². The number of nitrogens with one attached hydrogen (secondary N) is 1. The van der Waals surface area contributed by atoms with Gasteiger partial charge in [-0.3, -0.25) is 4.79 Å². The van der Waals surface area contributed by atoms with Crippen LogP contribution in [0, 0.1) is 12.3 Å². The quantitative estimate of drug-likeness (QED) is 0.726. The van der Waals surface area contributed by atoms with Gasteiger partial charge in [0.05, 0.1) is 13.2 Å². The van der Waals surface area contributed by atoms with Gasteiger partial charge in [-0.25, -0.2) is 0 Å². The summed E-state index contributed by atoms with van der Waals surface area (Å²) in [7, 11) is 1.63. The van der Waals surface area contributed by atoms with E-state index >= 15 is 0 Å². The molecule has 1 atom stereocenters. The van der Waals surface area contributed by atoms with Gasteiger partial charge in [0.2, 0.25) is 5.91 Å². The van der Waals surface area contributed by atoms with E-state index in [2.05, 4.69) is 11.2 Å². The lowest BCUT2D eigenvalue weighted by Gasteiger charge is -2.09. The van der Waals surface area contributed by atoms with Crippen LogP contribution < -0.4 is 15.8 Å². The summed E-state index contributed by atoms with van der Waals surface area (Å²) in [5, 5.41) is 2.75. The maximum atomic E-state index is 11.5. The summed E-state index contributed by atoms with van der Waals surface area (Å²) >= 11 is 0. The molecular formula is C14H18N2O2. The number of carbonyl (C=O) groups excluding carboxylic acids is 1. The second-order valence-corrected chi connectivity index (χ2v) is 3.90. The molecule has 4 heteroatoms. The molecule has 0 aromatic heterocycles. The van der Waals surface area contributed by atoms with E-state index < -0.39 is 6.04 Å². The normalized spacial score (nSPS) is 11.4. The van der Waals surface area contributed by atoms with Crippen LogP contribution in [0.25, 0.3) is 0 Å². The Kier molecular flexibility index (Phi) is 5.75. The number of rotatable bonds is 6. The number of carbonyl (C=O) groups is 1. The molecule has 1 unspecified atom stereocenters. The molecule has 0 aliphatic heterocycles. The van der Waals surface area contributed by atoms with Gasteiger partial charge in [0.1, 0.15) is 5.75 Å².